The molecule has 6 nitrogen and oxygen atoms in total. The molecule has 1 aliphatic rings. The summed E-state index contributed by atoms with van der Waals surface area (Å²) in [4.78, 5) is 26.3. The third kappa shape index (κ3) is 4.54. The molecule has 1 saturated heterocycles. The van der Waals surface area contributed by atoms with Gasteiger partial charge in [-0.05, 0) is 29.9 Å². The number of piperidine rings is 1. The molecule has 3 rings (SSSR count). The summed E-state index contributed by atoms with van der Waals surface area (Å²) in [5.74, 6) is -0.329. The van der Waals surface area contributed by atoms with Crippen molar-refractivity contribution in [3.8, 4) is 0 Å². The van der Waals surface area contributed by atoms with Crippen LogP contribution >= 0.6 is 11.3 Å². The van der Waals surface area contributed by atoms with Crippen LogP contribution < -0.4 is 5.32 Å². The number of amides is 1. The number of nitrogens with one attached hydrogen (secondary N) is 1. The average Bonchev–Trinajstić information content (AvgIpc) is 3.15. The molecule has 0 saturated carbocycles. The van der Waals surface area contributed by atoms with Crippen molar-refractivity contribution < 1.29 is 19.1 Å². The van der Waals surface area contributed by atoms with Crippen molar-refractivity contribution in [3.63, 3.8) is 0 Å². The maximum atomic E-state index is 12.2. The molecule has 0 unspecified atom stereocenters. The number of ether oxygens (including phenoxy) is 2. The largest absolute Gasteiger partial charge is 0.465 e. The van der Waals surface area contributed by atoms with Gasteiger partial charge in [-0.1, -0.05) is 30.3 Å². The standard InChI is InChI=1S/C19H22N2O4S/c1-24-18(22)17-16(9-12-26-17)20-15-7-10-21(11-8-15)19(23)25-13-14-5-3-2-4-6-14/h2-6,9,12,15,20H,7-8,10-11,13H2,1H3. The summed E-state index contributed by atoms with van der Waals surface area (Å²) in [6, 6.07) is 11.7. The molecule has 0 atom stereocenters. The van der Waals surface area contributed by atoms with E-state index in [1.807, 2.05) is 41.8 Å². The Morgan fingerprint density at radius 3 is 2.62 bits per heavy atom. The molecule has 1 fully saturated rings. The molecule has 1 N–H and O–H groups in total. The van der Waals surface area contributed by atoms with Gasteiger partial charge in [0.05, 0.1) is 12.8 Å². The summed E-state index contributed by atoms with van der Waals surface area (Å²) >= 11 is 1.36. The minimum absolute atomic E-state index is 0.214. The highest BCUT2D eigenvalue weighted by atomic mass is 32.1. The minimum Gasteiger partial charge on any atom is -0.465 e. The third-order valence-corrected chi connectivity index (χ3v) is 5.25. The number of thiophene rings is 1. The van der Waals surface area contributed by atoms with Crippen LogP contribution in [-0.4, -0.2) is 43.2 Å². The first-order chi connectivity index (χ1) is 12.7. The van der Waals surface area contributed by atoms with E-state index in [1.54, 1.807) is 4.90 Å². The van der Waals surface area contributed by atoms with Crippen LogP contribution in [0.15, 0.2) is 41.8 Å². The Morgan fingerprint density at radius 2 is 1.92 bits per heavy atom. The highest BCUT2D eigenvalue weighted by Crippen LogP contribution is 2.26. The van der Waals surface area contributed by atoms with Crippen molar-refractivity contribution in [1.29, 1.82) is 0 Å². The van der Waals surface area contributed by atoms with Gasteiger partial charge in [0.25, 0.3) is 0 Å². The van der Waals surface area contributed by atoms with E-state index < -0.39 is 0 Å². The van der Waals surface area contributed by atoms with Crippen molar-refractivity contribution in [2.75, 3.05) is 25.5 Å². The molecule has 1 aromatic carbocycles. The van der Waals surface area contributed by atoms with Gasteiger partial charge < -0.3 is 19.7 Å². The minimum atomic E-state index is -0.329. The Morgan fingerprint density at radius 1 is 1.19 bits per heavy atom. The number of hydrogen-bond donors (Lipinski definition) is 1. The van der Waals surface area contributed by atoms with Gasteiger partial charge >= 0.3 is 12.1 Å². The Balaban J connectivity index is 1.46. The van der Waals surface area contributed by atoms with Crippen LogP contribution in [0.1, 0.15) is 28.1 Å². The van der Waals surface area contributed by atoms with E-state index in [0.717, 1.165) is 24.1 Å². The lowest BCUT2D eigenvalue weighted by atomic mass is 10.1. The summed E-state index contributed by atoms with van der Waals surface area (Å²) in [7, 11) is 1.38. The van der Waals surface area contributed by atoms with Crippen molar-refractivity contribution in [1.82, 2.24) is 4.90 Å². The van der Waals surface area contributed by atoms with Gasteiger partial charge in [-0.15, -0.1) is 11.3 Å². The van der Waals surface area contributed by atoms with Crippen molar-refractivity contribution in [2.24, 2.45) is 0 Å². The molecular formula is C19H22N2O4S. The highest BCUT2D eigenvalue weighted by molar-refractivity contribution is 7.12. The molecule has 2 aromatic rings. The number of carbonyl (C=O) groups is 2. The third-order valence-electron chi connectivity index (χ3n) is 4.35. The van der Waals surface area contributed by atoms with Crippen LogP contribution in [0.3, 0.4) is 0 Å². The average molecular weight is 374 g/mol. The number of likely N-dealkylation sites (tertiary alicyclic amines) is 1. The molecule has 2 heterocycles. The Hall–Kier alpha value is -2.54. The Kier molecular flexibility index (Phi) is 6.12. The fraction of sp³-hybridized carbons (Fsp3) is 0.368. The zero-order valence-electron chi connectivity index (χ0n) is 14.6. The van der Waals surface area contributed by atoms with Gasteiger partial charge in [0, 0.05) is 19.1 Å². The number of methoxy groups -OCH3 is 1. The number of rotatable bonds is 5. The van der Waals surface area contributed by atoms with Crippen LogP contribution in [0, 0.1) is 0 Å². The van der Waals surface area contributed by atoms with E-state index >= 15 is 0 Å². The number of benzene rings is 1. The number of hydrogen-bond acceptors (Lipinski definition) is 6. The van der Waals surface area contributed by atoms with E-state index in [-0.39, 0.29) is 24.7 Å². The summed E-state index contributed by atoms with van der Waals surface area (Å²) in [5, 5.41) is 5.26. The molecule has 1 aromatic heterocycles. The Labute approximate surface area is 156 Å². The van der Waals surface area contributed by atoms with Gasteiger partial charge in [-0.25, -0.2) is 9.59 Å². The second-order valence-corrected chi connectivity index (χ2v) is 7.02. The van der Waals surface area contributed by atoms with E-state index in [9.17, 15) is 9.59 Å². The van der Waals surface area contributed by atoms with Gasteiger partial charge in [-0.3, -0.25) is 0 Å². The second-order valence-electron chi connectivity index (χ2n) is 6.10. The van der Waals surface area contributed by atoms with E-state index in [2.05, 4.69) is 5.32 Å². The summed E-state index contributed by atoms with van der Waals surface area (Å²) in [6.45, 7) is 1.54. The van der Waals surface area contributed by atoms with E-state index in [1.165, 1.54) is 18.4 Å². The molecule has 1 amide bonds. The van der Waals surface area contributed by atoms with Crippen LogP contribution in [-0.2, 0) is 16.1 Å². The quantitative estimate of drug-likeness (QED) is 0.808. The number of esters is 1. The molecule has 0 spiro atoms. The predicted octanol–water partition coefficient (Wildman–Crippen LogP) is 3.75. The molecule has 0 radical (unpaired) electrons. The van der Waals surface area contributed by atoms with E-state index in [4.69, 9.17) is 9.47 Å². The first-order valence-corrected chi connectivity index (χ1v) is 9.43. The first kappa shape index (κ1) is 18.3. The lowest BCUT2D eigenvalue weighted by molar-refractivity contribution is 0.0607. The summed E-state index contributed by atoms with van der Waals surface area (Å²) < 4.78 is 10.2. The highest BCUT2D eigenvalue weighted by Gasteiger charge is 2.25. The van der Waals surface area contributed by atoms with Crippen molar-refractivity contribution in [2.45, 2.75) is 25.5 Å². The fourth-order valence-electron chi connectivity index (χ4n) is 2.91. The maximum absolute atomic E-state index is 12.2. The summed E-state index contributed by atoms with van der Waals surface area (Å²) in [6.07, 6.45) is 1.33. The van der Waals surface area contributed by atoms with Gasteiger partial charge in [0.1, 0.15) is 11.5 Å². The second kappa shape index (κ2) is 8.71. The molecule has 0 bridgehead atoms. The predicted molar refractivity (Wildman–Crippen MR) is 101 cm³/mol. The van der Waals surface area contributed by atoms with Crippen LogP contribution in [0.2, 0.25) is 0 Å². The number of carbonyl (C=O) groups excluding carboxylic acids is 2. The molecule has 26 heavy (non-hydrogen) atoms. The van der Waals surface area contributed by atoms with Gasteiger partial charge in [0.15, 0.2) is 0 Å². The van der Waals surface area contributed by atoms with Crippen LogP contribution in [0.5, 0.6) is 0 Å². The fourth-order valence-corrected chi connectivity index (χ4v) is 3.68. The molecular weight excluding hydrogens is 352 g/mol. The first-order valence-electron chi connectivity index (χ1n) is 8.55. The lowest BCUT2D eigenvalue weighted by Crippen LogP contribution is -2.42. The Bertz CT molecular complexity index is 739. The maximum Gasteiger partial charge on any atom is 0.410 e. The smallest absolute Gasteiger partial charge is 0.410 e. The van der Waals surface area contributed by atoms with Crippen molar-refractivity contribution >= 4 is 29.1 Å². The zero-order valence-corrected chi connectivity index (χ0v) is 15.5. The van der Waals surface area contributed by atoms with Crippen molar-refractivity contribution in [3.05, 3.63) is 52.2 Å². The SMILES string of the molecule is COC(=O)c1sccc1NC1CCN(C(=O)OCc2ccccc2)CC1. The van der Waals surface area contributed by atoms with Gasteiger partial charge in [0.2, 0.25) is 0 Å². The lowest BCUT2D eigenvalue weighted by Gasteiger charge is -2.32. The normalized spacial score (nSPS) is 14.7. The summed E-state index contributed by atoms with van der Waals surface area (Å²) in [5.41, 5.74) is 1.78. The molecule has 0 aliphatic carbocycles. The number of anilines is 1. The molecule has 7 heteroatoms. The topological polar surface area (TPSA) is 67.9 Å². The zero-order chi connectivity index (χ0) is 18.4. The number of nitrogens with zero attached hydrogens (tertiary/aromatic N) is 1. The monoisotopic (exact) mass is 374 g/mol. The van der Waals surface area contributed by atoms with Crippen LogP contribution in [0.4, 0.5) is 10.5 Å². The van der Waals surface area contributed by atoms with Gasteiger partial charge in [-0.2, -0.15) is 0 Å². The molecule has 1 aliphatic heterocycles. The van der Waals surface area contributed by atoms with E-state index in [0.29, 0.717) is 18.0 Å². The van der Waals surface area contributed by atoms with Crippen LogP contribution in [0.25, 0.3) is 0 Å². The molecule has 138 valence electrons.